The first-order chi connectivity index (χ1) is 13.8. The van der Waals surface area contributed by atoms with Crippen LogP contribution in [0.2, 0.25) is 0 Å². The van der Waals surface area contributed by atoms with E-state index >= 15 is 0 Å². The number of carbonyl (C=O) groups excluding carboxylic acids is 1. The van der Waals surface area contributed by atoms with E-state index in [0.717, 1.165) is 0 Å². The smallest absolute Gasteiger partial charge is 0.335 e. The maximum Gasteiger partial charge on any atom is 0.335 e. The largest absolute Gasteiger partial charge is 0.504 e. The zero-order valence-corrected chi connectivity index (χ0v) is 18.0. The number of aromatic hydroxyl groups is 1. The number of aliphatic imine (C=N–C) groups is 1. The Labute approximate surface area is 179 Å². The van der Waals surface area contributed by atoms with Gasteiger partial charge in [-0.05, 0) is 66.7 Å². The van der Waals surface area contributed by atoms with Gasteiger partial charge in [0.1, 0.15) is 0 Å². The van der Waals surface area contributed by atoms with Gasteiger partial charge in [-0.3, -0.25) is 9.69 Å². The van der Waals surface area contributed by atoms with Crippen LogP contribution in [0.1, 0.15) is 22.8 Å². The van der Waals surface area contributed by atoms with E-state index in [-0.39, 0.29) is 17.2 Å². The summed E-state index contributed by atoms with van der Waals surface area (Å²) < 4.78 is 6.03. The molecule has 2 aromatic rings. The summed E-state index contributed by atoms with van der Waals surface area (Å²) >= 11 is 4.60. The van der Waals surface area contributed by atoms with E-state index in [1.54, 1.807) is 31.3 Å². The Bertz CT molecular complexity index is 1030. The normalized spacial score (nSPS) is 16.7. The summed E-state index contributed by atoms with van der Waals surface area (Å²) in [6.45, 7) is 2.22. The minimum atomic E-state index is -1.01. The van der Waals surface area contributed by atoms with E-state index in [9.17, 15) is 14.7 Å². The molecule has 1 saturated heterocycles. The predicted molar refractivity (Wildman–Crippen MR) is 116 cm³/mol. The molecule has 150 valence electrons. The number of hydrogen-bond donors (Lipinski definition) is 2. The molecule has 3 rings (SSSR count). The second kappa shape index (κ2) is 8.71. The molecule has 7 nitrogen and oxygen atoms in total. The molecule has 0 unspecified atom stereocenters. The quantitative estimate of drug-likeness (QED) is 0.616. The monoisotopic (exact) mass is 476 g/mol. The first-order valence-electron chi connectivity index (χ1n) is 8.55. The molecule has 2 N–H and O–H groups in total. The SMILES string of the molecule is CCOc1cc(/C=C2\SC(=Nc3ccc(C(=O)O)cc3)N(C)C2=O)c(Br)cc1O. The number of amides is 1. The molecule has 1 fully saturated rings. The zero-order valence-electron chi connectivity index (χ0n) is 15.5. The predicted octanol–water partition coefficient (Wildman–Crippen LogP) is 4.49. The molecule has 29 heavy (non-hydrogen) atoms. The summed E-state index contributed by atoms with van der Waals surface area (Å²) in [4.78, 5) is 29.9. The van der Waals surface area contributed by atoms with Crippen molar-refractivity contribution < 1.29 is 24.5 Å². The topological polar surface area (TPSA) is 99.4 Å². The van der Waals surface area contributed by atoms with Crippen molar-refractivity contribution in [2.24, 2.45) is 4.99 Å². The minimum absolute atomic E-state index is 0.00968. The lowest BCUT2D eigenvalue weighted by atomic mass is 10.2. The molecule has 0 bridgehead atoms. The second-order valence-electron chi connectivity index (χ2n) is 6.00. The highest BCUT2D eigenvalue weighted by Crippen LogP contribution is 2.37. The van der Waals surface area contributed by atoms with Gasteiger partial charge in [-0.2, -0.15) is 0 Å². The van der Waals surface area contributed by atoms with Gasteiger partial charge in [0.2, 0.25) is 0 Å². The summed E-state index contributed by atoms with van der Waals surface area (Å²) in [6.07, 6.45) is 1.70. The third-order valence-electron chi connectivity index (χ3n) is 4.01. The third kappa shape index (κ3) is 4.63. The van der Waals surface area contributed by atoms with E-state index in [4.69, 9.17) is 9.84 Å². The average molecular weight is 477 g/mol. The van der Waals surface area contributed by atoms with Crippen LogP contribution in [0.5, 0.6) is 11.5 Å². The molecular weight excluding hydrogens is 460 g/mol. The number of likely N-dealkylation sites (N-methyl/N-ethyl adjacent to an activating group) is 1. The number of carboxylic acids is 1. The van der Waals surface area contributed by atoms with Crippen LogP contribution in [0.3, 0.4) is 0 Å². The van der Waals surface area contributed by atoms with Crippen molar-refractivity contribution in [3.8, 4) is 11.5 Å². The van der Waals surface area contributed by atoms with E-state index in [2.05, 4.69) is 20.9 Å². The Hall–Kier alpha value is -2.78. The number of aromatic carboxylic acids is 1. The standard InChI is InChI=1S/C20H17BrN2O5S/c1-3-28-16-8-12(14(21)10-15(16)24)9-17-18(25)23(2)20(29-17)22-13-6-4-11(5-7-13)19(26)27/h4-10,24H,3H2,1-2H3,(H,26,27)/b17-9-,22-20?. The lowest BCUT2D eigenvalue weighted by Gasteiger charge is -2.09. The molecule has 9 heteroatoms. The molecular formula is C20H17BrN2O5S. The number of amidine groups is 1. The van der Waals surface area contributed by atoms with Crippen molar-refractivity contribution in [3.63, 3.8) is 0 Å². The Morgan fingerprint density at radius 1 is 1.31 bits per heavy atom. The lowest BCUT2D eigenvalue weighted by molar-refractivity contribution is -0.121. The zero-order chi connectivity index (χ0) is 21.1. The molecule has 0 radical (unpaired) electrons. The highest BCUT2D eigenvalue weighted by molar-refractivity contribution is 9.10. The van der Waals surface area contributed by atoms with Gasteiger partial charge in [0.15, 0.2) is 16.7 Å². The molecule has 1 aliphatic rings. The highest BCUT2D eigenvalue weighted by Gasteiger charge is 2.30. The maximum atomic E-state index is 12.6. The van der Waals surface area contributed by atoms with Crippen LogP contribution in [0.25, 0.3) is 6.08 Å². The molecule has 1 amide bonds. The molecule has 0 aromatic heterocycles. The lowest BCUT2D eigenvalue weighted by Crippen LogP contribution is -2.23. The van der Waals surface area contributed by atoms with Gasteiger partial charge in [-0.1, -0.05) is 15.9 Å². The number of carbonyl (C=O) groups is 2. The molecule has 0 aliphatic carbocycles. The fraction of sp³-hybridized carbons (Fsp3) is 0.150. The maximum absolute atomic E-state index is 12.6. The van der Waals surface area contributed by atoms with Gasteiger partial charge in [0.25, 0.3) is 5.91 Å². The van der Waals surface area contributed by atoms with E-state index < -0.39 is 5.97 Å². The van der Waals surface area contributed by atoms with Crippen LogP contribution in [0.4, 0.5) is 5.69 Å². The van der Waals surface area contributed by atoms with Crippen molar-refractivity contribution >= 4 is 56.5 Å². The number of benzene rings is 2. The molecule has 0 saturated carbocycles. The number of carboxylic acid groups (broad SMARTS) is 1. The van der Waals surface area contributed by atoms with E-state index in [1.807, 2.05) is 6.92 Å². The number of hydrogen-bond acceptors (Lipinski definition) is 6. The molecule has 2 aromatic carbocycles. The van der Waals surface area contributed by atoms with Crippen molar-refractivity contribution in [3.05, 3.63) is 56.9 Å². The van der Waals surface area contributed by atoms with Crippen LogP contribution in [-0.2, 0) is 4.79 Å². The first-order valence-corrected chi connectivity index (χ1v) is 10.2. The fourth-order valence-electron chi connectivity index (χ4n) is 2.52. The minimum Gasteiger partial charge on any atom is -0.504 e. The van der Waals surface area contributed by atoms with Crippen molar-refractivity contribution in [2.45, 2.75) is 6.92 Å². The number of ether oxygens (including phenoxy) is 1. The molecule has 1 aliphatic heterocycles. The number of phenols is 1. The number of rotatable bonds is 5. The average Bonchev–Trinajstić information content (AvgIpc) is 2.94. The highest BCUT2D eigenvalue weighted by atomic mass is 79.9. The van der Waals surface area contributed by atoms with Gasteiger partial charge in [0.05, 0.1) is 22.8 Å². The number of thioether (sulfide) groups is 1. The van der Waals surface area contributed by atoms with Gasteiger partial charge in [0, 0.05) is 11.5 Å². The van der Waals surface area contributed by atoms with Gasteiger partial charge in [-0.25, -0.2) is 9.79 Å². The van der Waals surface area contributed by atoms with Gasteiger partial charge < -0.3 is 14.9 Å². The van der Waals surface area contributed by atoms with Crippen LogP contribution in [0, 0.1) is 0 Å². The van der Waals surface area contributed by atoms with Crippen LogP contribution in [0.15, 0.2) is 50.8 Å². The van der Waals surface area contributed by atoms with Crippen LogP contribution >= 0.6 is 27.7 Å². The number of nitrogens with zero attached hydrogens (tertiary/aromatic N) is 2. The van der Waals surface area contributed by atoms with E-state index in [1.165, 1.54) is 34.9 Å². The van der Waals surface area contributed by atoms with Crippen LogP contribution in [-0.4, -0.2) is 45.8 Å². The molecule has 1 heterocycles. The summed E-state index contributed by atoms with van der Waals surface area (Å²) in [5.41, 5.74) is 1.39. The third-order valence-corrected chi connectivity index (χ3v) is 5.75. The summed E-state index contributed by atoms with van der Waals surface area (Å²) in [7, 11) is 1.62. The Morgan fingerprint density at radius 3 is 2.62 bits per heavy atom. The van der Waals surface area contributed by atoms with Crippen molar-refractivity contribution in [1.82, 2.24) is 4.90 Å². The number of phenolic OH excluding ortho intramolecular Hbond substituents is 1. The second-order valence-corrected chi connectivity index (χ2v) is 7.86. The Morgan fingerprint density at radius 2 is 2.00 bits per heavy atom. The Balaban J connectivity index is 1.90. The number of halogens is 1. The Kier molecular flexibility index (Phi) is 6.29. The van der Waals surface area contributed by atoms with Crippen LogP contribution < -0.4 is 4.74 Å². The summed E-state index contributed by atoms with van der Waals surface area (Å²) in [6, 6.07) is 9.27. The van der Waals surface area contributed by atoms with Gasteiger partial charge in [-0.15, -0.1) is 0 Å². The molecule has 0 atom stereocenters. The van der Waals surface area contributed by atoms with Crippen molar-refractivity contribution in [2.75, 3.05) is 13.7 Å². The summed E-state index contributed by atoms with van der Waals surface area (Å²) in [5.74, 6) is -0.883. The van der Waals surface area contributed by atoms with E-state index in [0.29, 0.717) is 38.2 Å². The molecule has 0 spiro atoms. The first kappa shape index (κ1) is 20.9. The van der Waals surface area contributed by atoms with Crippen molar-refractivity contribution in [1.29, 1.82) is 0 Å². The summed E-state index contributed by atoms with van der Waals surface area (Å²) in [5, 5.41) is 19.4. The fourth-order valence-corrected chi connectivity index (χ4v) is 3.95. The van der Waals surface area contributed by atoms with Gasteiger partial charge >= 0.3 is 5.97 Å².